The molecule has 1 fully saturated rings. The predicted octanol–water partition coefficient (Wildman–Crippen LogP) is 0.332. The van der Waals surface area contributed by atoms with Crippen LogP contribution in [0.1, 0.15) is 31.1 Å². The Morgan fingerprint density at radius 3 is 2.41 bits per heavy atom. The van der Waals surface area contributed by atoms with Crippen LogP contribution in [0.5, 0.6) is 0 Å². The van der Waals surface area contributed by atoms with E-state index >= 15 is 0 Å². The van der Waals surface area contributed by atoms with Gasteiger partial charge in [0.1, 0.15) is 0 Å². The average molecular weight is 419 g/mol. The molecule has 27 heavy (non-hydrogen) atoms. The number of halogens is 1. The van der Waals surface area contributed by atoms with Gasteiger partial charge in [0.15, 0.2) is 0 Å². The molecule has 1 atom stereocenters. The van der Waals surface area contributed by atoms with Gasteiger partial charge in [-0.2, -0.15) is 4.31 Å². The smallest absolute Gasteiger partial charge is 0.251 e. The van der Waals surface area contributed by atoms with Crippen LogP contribution < -0.4 is 16.4 Å². The number of piperazine rings is 1. The Bertz CT molecular complexity index is 783. The average Bonchev–Trinajstić information content (AvgIpc) is 2.61. The number of hydrogen-bond acceptors (Lipinski definition) is 5. The minimum atomic E-state index is -3.77. The van der Waals surface area contributed by atoms with Gasteiger partial charge in [0.2, 0.25) is 15.9 Å². The Labute approximate surface area is 166 Å². The lowest BCUT2D eigenvalue weighted by atomic mass is 9.88. The van der Waals surface area contributed by atoms with E-state index < -0.39 is 15.6 Å². The molecule has 10 heteroatoms. The first kappa shape index (κ1) is 23.4. The first-order valence-corrected chi connectivity index (χ1v) is 9.93. The lowest BCUT2D eigenvalue weighted by Gasteiger charge is -2.33. The standard InChI is InChI=1S/C17H26N4O4S.ClH/c1-12(2)17(3,11-18)20-16(23)13-4-6-14(7-5-13)26(24,25)21-9-8-19-15(22)10-21;/h4-7,12H,8-11,18H2,1-3H3,(H,19,22)(H,20,23);1H. The summed E-state index contributed by atoms with van der Waals surface area (Å²) in [6.07, 6.45) is 0. The molecule has 0 bridgehead atoms. The van der Waals surface area contributed by atoms with Crippen molar-refractivity contribution in [3.63, 3.8) is 0 Å². The van der Waals surface area contributed by atoms with E-state index in [4.69, 9.17) is 5.73 Å². The highest BCUT2D eigenvalue weighted by Gasteiger charge is 2.31. The van der Waals surface area contributed by atoms with Crippen LogP contribution in [-0.4, -0.2) is 56.3 Å². The second kappa shape index (κ2) is 9.01. The number of nitrogens with two attached hydrogens (primary N) is 1. The Hall–Kier alpha value is -1.68. The van der Waals surface area contributed by atoms with Gasteiger partial charge < -0.3 is 16.4 Å². The summed E-state index contributed by atoms with van der Waals surface area (Å²) in [7, 11) is -3.77. The molecule has 0 saturated carbocycles. The summed E-state index contributed by atoms with van der Waals surface area (Å²) in [4.78, 5) is 23.9. The molecule has 152 valence electrons. The Kier molecular flexibility index (Phi) is 7.79. The largest absolute Gasteiger partial charge is 0.354 e. The lowest BCUT2D eigenvalue weighted by Crippen LogP contribution is -2.55. The van der Waals surface area contributed by atoms with Gasteiger partial charge in [0.25, 0.3) is 5.91 Å². The second-order valence-electron chi connectivity index (χ2n) is 6.94. The van der Waals surface area contributed by atoms with Crippen LogP contribution in [-0.2, 0) is 14.8 Å². The van der Waals surface area contributed by atoms with Crippen LogP contribution in [0.25, 0.3) is 0 Å². The SMILES string of the molecule is CC(C)C(C)(CN)NC(=O)c1ccc(S(=O)(=O)N2CCNC(=O)C2)cc1.Cl. The summed E-state index contributed by atoms with van der Waals surface area (Å²) in [6, 6.07) is 5.69. The normalized spacial score (nSPS) is 17.6. The Morgan fingerprint density at radius 1 is 1.33 bits per heavy atom. The van der Waals surface area contributed by atoms with Crippen LogP contribution in [0.4, 0.5) is 0 Å². The molecule has 0 aliphatic carbocycles. The van der Waals surface area contributed by atoms with E-state index in [9.17, 15) is 18.0 Å². The van der Waals surface area contributed by atoms with Crippen LogP contribution >= 0.6 is 12.4 Å². The number of carbonyl (C=O) groups excluding carboxylic acids is 2. The van der Waals surface area contributed by atoms with Crippen LogP contribution in [0.15, 0.2) is 29.2 Å². The number of rotatable bonds is 6. The van der Waals surface area contributed by atoms with Crippen molar-refractivity contribution in [3.8, 4) is 0 Å². The molecule has 2 rings (SSSR count). The highest BCUT2D eigenvalue weighted by molar-refractivity contribution is 7.89. The first-order chi connectivity index (χ1) is 12.1. The van der Waals surface area contributed by atoms with E-state index in [1.807, 2.05) is 20.8 Å². The molecule has 0 spiro atoms. The van der Waals surface area contributed by atoms with Gasteiger partial charge >= 0.3 is 0 Å². The number of amides is 2. The number of hydrogen-bond donors (Lipinski definition) is 3. The lowest BCUT2D eigenvalue weighted by molar-refractivity contribution is -0.122. The zero-order valence-corrected chi connectivity index (χ0v) is 17.3. The quantitative estimate of drug-likeness (QED) is 0.614. The zero-order valence-electron chi connectivity index (χ0n) is 15.7. The molecule has 0 aromatic heterocycles. The van der Waals surface area contributed by atoms with Crippen LogP contribution in [0.3, 0.4) is 0 Å². The van der Waals surface area contributed by atoms with Gasteiger partial charge in [-0.15, -0.1) is 12.4 Å². The third-order valence-corrected chi connectivity index (χ3v) is 6.71. The van der Waals surface area contributed by atoms with E-state index in [-0.39, 0.29) is 54.7 Å². The fraction of sp³-hybridized carbons (Fsp3) is 0.529. The first-order valence-electron chi connectivity index (χ1n) is 8.49. The number of carbonyl (C=O) groups is 2. The van der Waals surface area contributed by atoms with Crippen molar-refractivity contribution in [3.05, 3.63) is 29.8 Å². The molecule has 1 aliphatic rings. The molecule has 4 N–H and O–H groups in total. The third-order valence-electron chi connectivity index (χ3n) is 4.86. The molecule has 1 unspecified atom stereocenters. The number of sulfonamides is 1. The van der Waals surface area contributed by atoms with Gasteiger partial charge in [-0.25, -0.2) is 8.42 Å². The van der Waals surface area contributed by atoms with Crippen molar-refractivity contribution in [1.29, 1.82) is 0 Å². The van der Waals surface area contributed by atoms with E-state index in [0.29, 0.717) is 12.1 Å². The highest BCUT2D eigenvalue weighted by Crippen LogP contribution is 2.19. The second-order valence-corrected chi connectivity index (χ2v) is 8.88. The summed E-state index contributed by atoms with van der Waals surface area (Å²) in [5.74, 6) is -0.500. The number of nitrogens with one attached hydrogen (secondary N) is 2. The molecular formula is C17H27ClN4O4S. The van der Waals surface area contributed by atoms with Crippen LogP contribution in [0, 0.1) is 5.92 Å². The van der Waals surface area contributed by atoms with E-state index in [1.54, 1.807) is 0 Å². The van der Waals surface area contributed by atoms with E-state index in [0.717, 1.165) is 4.31 Å². The molecule has 1 aromatic rings. The third kappa shape index (κ3) is 5.19. The van der Waals surface area contributed by atoms with Crippen molar-refractivity contribution in [2.75, 3.05) is 26.2 Å². The highest BCUT2D eigenvalue weighted by atomic mass is 35.5. The molecule has 1 aliphatic heterocycles. The van der Waals surface area contributed by atoms with Crippen LogP contribution in [0.2, 0.25) is 0 Å². The molecular weight excluding hydrogens is 392 g/mol. The Morgan fingerprint density at radius 2 is 1.93 bits per heavy atom. The summed E-state index contributed by atoms with van der Waals surface area (Å²) in [5, 5.41) is 5.50. The van der Waals surface area contributed by atoms with Gasteiger partial charge in [-0.3, -0.25) is 9.59 Å². The van der Waals surface area contributed by atoms with E-state index in [2.05, 4.69) is 10.6 Å². The Balaban J connectivity index is 0.00000364. The molecule has 1 aromatic carbocycles. The fourth-order valence-corrected chi connectivity index (χ4v) is 3.91. The van der Waals surface area contributed by atoms with Gasteiger partial charge in [0, 0.05) is 25.2 Å². The van der Waals surface area contributed by atoms with Gasteiger partial charge in [-0.05, 0) is 37.1 Å². The summed E-state index contributed by atoms with van der Waals surface area (Å²) in [5.41, 5.74) is 5.57. The van der Waals surface area contributed by atoms with Crippen molar-refractivity contribution >= 4 is 34.2 Å². The van der Waals surface area contributed by atoms with Crippen molar-refractivity contribution < 1.29 is 18.0 Å². The zero-order chi connectivity index (χ0) is 19.5. The maximum Gasteiger partial charge on any atom is 0.251 e. The summed E-state index contributed by atoms with van der Waals surface area (Å²) < 4.78 is 26.3. The maximum absolute atomic E-state index is 12.6. The van der Waals surface area contributed by atoms with Crippen molar-refractivity contribution in [1.82, 2.24) is 14.9 Å². The van der Waals surface area contributed by atoms with Gasteiger partial charge in [-0.1, -0.05) is 13.8 Å². The van der Waals surface area contributed by atoms with E-state index in [1.165, 1.54) is 24.3 Å². The number of nitrogens with zero attached hydrogens (tertiary/aromatic N) is 1. The molecule has 1 heterocycles. The predicted molar refractivity (Wildman–Crippen MR) is 105 cm³/mol. The van der Waals surface area contributed by atoms with Crippen molar-refractivity contribution in [2.45, 2.75) is 31.2 Å². The summed E-state index contributed by atoms with van der Waals surface area (Å²) >= 11 is 0. The molecule has 1 saturated heterocycles. The summed E-state index contributed by atoms with van der Waals surface area (Å²) in [6.45, 7) is 6.41. The van der Waals surface area contributed by atoms with Crippen molar-refractivity contribution in [2.24, 2.45) is 11.7 Å². The minimum absolute atomic E-state index is 0. The molecule has 8 nitrogen and oxygen atoms in total. The molecule has 2 amide bonds. The van der Waals surface area contributed by atoms with Gasteiger partial charge in [0.05, 0.1) is 17.0 Å². The number of benzene rings is 1. The monoisotopic (exact) mass is 418 g/mol. The topological polar surface area (TPSA) is 122 Å². The minimum Gasteiger partial charge on any atom is -0.354 e. The maximum atomic E-state index is 12.6. The molecule has 0 radical (unpaired) electrons. The fourth-order valence-electron chi connectivity index (χ4n) is 2.51.